The van der Waals surface area contributed by atoms with E-state index in [4.69, 9.17) is 10.5 Å². The van der Waals surface area contributed by atoms with Crippen molar-refractivity contribution >= 4 is 5.91 Å². The number of hydrogen-bond acceptors (Lipinski definition) is 3. The summed E-state index contributed by atoms with van der Waals surface area (Å²) in [5.74, 6) is 5.66. The standard InChI is InChI=1S/C17H22N2O2/c1-12-6-7-14(5-4-9-18)15(11-12)16(20)19-17(3)8-10-21-13(17)2/h6-7,11,13H,8-10,18H2,1-3H3,(H,19,20). The summed E-state index contributed by atoms with van der Waals surface area (Å²) in [5.41, 5.74) is 7.41. The van der Waals surface area contributed by atoms with E-state index in [9.17, 15) is 4.79 Å². The van der Waals surface area contributed by atoms with Gasteiger partial charge >= 0.3 is 0 Å². The van der Waals surface area contributed by atoms with E-state index in [0.29, 0.717) is 17.7 Å². The number of benzene rings is 1. The zero-order valence-electron chi connectivity index (χ0n) is 12.8. The van der Waals surface area contributed by atoms with Crippen LogP contribution >= 0.6 is 0 Å². The van der Waals surface area contributed by atoms with Crippen molar-refractivity contribution in [2.75, 3.05) is 13.2 Å². The number of nitrogens with one attached hydrogen (secondary N) is 1. The molecule has 1 saturated heterocycles. The Morgan fingerprint density at radius 1 is 1.57 bits per heavy atom. The van der Waals surface area contributed by atoms with Crippen molar-refractivity contribution < 1.29 is 9.53 Å². The number of carbonyl (C=O) groups is 1. The second-order valence-corrected chi connectivity index (χ2v) is 5.69. The summed E-state index contributed by atoms with van der Waals surface area (Å²) in [6.45, 7) is 6.91. The van der Waals surface area contributed by atoms with Gasteiger partial charge in [0, 0.05) is 12.2 Å². The first-order valence-electron chi connectivity index (χ1n) is 7.20. The fraction of sp³-hybridized carbons (Fsp3) is 0.471. The van der Waals surface area contributed by atoms with Crippen molar-refractivity contribution in [1.82, 2.24) is 5.32 Å². The Hall–Kier alpha value is -1.83. The van der Waals surface area contributed by atoms with Crippen molar-refractivity contribution in [3.63, 3.8) is 0 Å². The number of ether oxygens (including phenoxy) is 1. The summed E-state index contributed by atoms with van der Waals surface area (Å²) in [7, 11) is 0. The van der Waals surface area contributed by atoms with Gasteiger partial charge in [-0.2, -0.15) is 0 Å². The minimum Gasteiger partial charge on any atom is -0.376 e. The van der Waals surface area contributed by atoms with Gasteiger partial charge in [0.1, 0.15) is 0 Å². The van der Waals surface area contributed by atoms with Crippen molar-refractivity contribution in [2.45, 2.75) is 38.8 Å². The molecule has 0 spiro atoms. The molecule has 1 aromatic rings. The topological polar surface area (TPSA) is 64.4 Å². The average Bonchev–Trinajstić information content (AvgIpc) is 2.77. The largest absolute Gasteiger partial charge is 0.376 e. The van der Waals surface area contributed by atoms with E-state index in [2.05, 4.69) is 17.2 Å². The molecule has 1 amide bonds. The van der Waals surface area contributed by atoms with Crippen molar-refractivity contribution in [3.05, 3.63) is 34.9 Å². The van der Waals surface area contributed by atoms with Crippen molar-refractivity contribution in [1.29, 1.82) is 0 Å². The first-order chi connectivity index (χ1) is 9.96. The van der Waals surface area contributed by atoms with Crippen LogP contribution in [-0.2, 0) is 4.74 Å². The molecule has 0 saturated carbocycles. The Morgan fingerprint density at radius 3 is 2.95 bits per heavy atom. The van der Waals surface area contributed by atoms with Gasteiger partial charge in [-0.05, 0) is 39.3 Å². The van der Waals surface area contributed by atoms with Crippen molar-refractivity contribution in [2.24, 2.45) is 5.73 Å². The Kier molecular flexibility index (Phi) is 4.66. The van der Waals surface area contributed by atoms with Crippen LogP contribution in [0.1, 0.15) is 41.8 Å². The summed E-state index contributed by atoms with van der Waals surface area (Å²) < 4.78 is 5.56. The molecule has 4 nitrogen and oxygen atoms in total. The van der Waals surface area contributed by atoms with Crippen LogP contribution in [0.4, 0.5) is 0 Å². The second kappa shape index (κ2) is 6.30. The molecule has 1 aliphatic rings. The Balaban J connectivity index is 2.28. The summed E-state index contributed by atoms with van der Waals surface area (Å²) in [5, 5.41) is 3.10. The van der Waals surface area contributed by atoms with Crippen LogP contribution < -0.4 is 11.1 Å². The van der Waals surface area contributed by atoms with E-state index in [1.807, 2.05) is 39.0 Å². The Labute approximate surface area is 126 Å². The maximum atomic E-state index is 12.6. The highest BCUT2D eigenvalue weighted by molar-refractivity contribution is 5.97. The number of carbonyl (C=O) groups excluding carboxylic acids is 1. The van der Waals surface area contributed by atoms with Crippen LogP contribution in [0.5, 0.6) is 0 Å². The normalized spacial score (nSPS) is 24.3. The predicted octanol–water partition coefficient (Wildman–Crippen LogP) is 1.60. The summed E-state index contributed by atoms with van der Waals surface area (Å²) >= 11 is 0. The quantitative estimate of drug-likeness (QED) is 0.812. The maximum Gasteiger partial charge on any atom is 0.253 e. The predicted molar refractivity (Wildman–Crippen MR) is 83.0 cm³/mol. The van der Waals surface area contributed by atoms with Gasteiger partial charge in [-0.15, -0.1) is 0 Å². The molecule has 112 valence electrons. The Bertz CT molecular complexity index is 601. The molecule has 1 heterocycles. The lowest BCUT2D eigenvalue weighted by Gasteiger charge is -2.29. The number of aryl methyl sites for hydroxylation is 1. The lowest BCUT2D eigenvalue weighted by Crippen LogP contribution is -2.50. The van der Waals surface area contributed by atoms with Crippen LogP contribution in [0.25, 0.3) is 0 Å². The van der Waals surface area contributed by atoms with Gasteiger partial charge in [-0.3, -0.25) is 4.79 Å². The number of nitrogens with two attached hydrogens (primary N) is 1. The lowest BCUT2D eigenvalue weighted by molar-refractivity contribution is 0.0727. The molecule has 4 heteroatoms. The van der Waals surface area contributed by atoms with E-state index < -0.39 is 0 Å². The molecule has 1 aromatic carbocycles. The summed E-state index contributed by atoms with van der Waals surface area (Å²) in [6, 6.07) is 5.67. The van der Waals surface area contributed by atoms with Crippen molar-refractivity contribution in [3.8, 4) is 11.8 Å². The fourth-order valence-corrected chi connectivity index (χ4v) is 2.43. The van der Waals surface area contributed by atoms with Gasteiger partial charge in [-0.25, -0.2) is 0 Å². The number of hydrogen-bond donors (Lipinski definition) is 2. The summed E-state index contributed by atoms with van der Waals surface area (Å²) in [6.07, 6.45) is 0.819. The first-order valence-corrected chi connectivity index (χ1v) is 7.20. The molecule has 1 fully saturated rings. The molecule has 0 radical (unpaired) electrons. The zero-order valence-corrected chi connectivity index (χ0v) is 12.8. The minimum absolute atomic E-state index is 0.00448. The van der Waals surface area contributed by atoms with Gasteiger partial charge in [0.15, 0.2) is 0 Å². The van der Waals surface area contributed by atoms with Crippen LogP contribution in [-0.4, -0.2) is 30.7 Å². The molecule has 0 aromatic heterocycles. The summed E-state index contributed by atoms with van der Waals surface area (Å²) in [4.78, 5) is 12.6. The smallest absolute Gasteiger partial charge is 0.253 e. The maximum absolute atomic E-state index is 12.6. The monoisotopic (exact) mass is 286 g/mol. The Morgan fingerprint density at radius 2 is 2.33 bits per heavy atom. The molecule has 3 N–H and O–H groups in total. The van der Waals surface area contributed by atoms with Crippen LogP contribution in [0.3, 0.4) is 0 Å². The molecular weight excluding hydrogens is 264 g/mol. The SMILES string of the molecule is Cc1ccc(C#CCN)c(C(=O)NC2(C)CCOC2C)c1. The highest BCUT2D eigenvalue weighted by atomic mass is 16.5. The third-order valence-corrected chi connectivity index (χ3v) is 4.03. The zero-order chi connectivity index (χ0) is 15.5. The van der Waals surface area contributed by atoms with E-state index >= 15 is 0 Å². The third kappa shape index (κ3) is 3.44. The van der Waals surface area contributed by atoms with Crippen LogP contribution in [0, 0.1) is 18.8 Å². The van der Waals surface area contributed by atoms with E-state index in [1.165, 1.54) is 0 Å². The van der Waals surface area contributed by atoms with Gasteiger partial charge in [0.25, 0.3) is 5.91 Å². The highest BCUT2D eigenvalue weighted by Crippen LogP contribution is 2.26. The number of amides is 1. The molecule has 0 bridgehead atoms. The third-order valence-electron chi connectivity index (χ3n) is 4.03. The van der Waals surface area contributed by atoms with E-state index in [0.717, 1.165) is 12.0 Å². The lowest BCUT2D eigenvalue weighted by atomic mass is 9.93. The van der Waals surface area contributed by atoms with Gasteiger partial charge in [0.05, 0.1) is 23.8 Å². The minimum atomic E-state index is -0.334. The molecule has 2 atom stereocenters. The number of rotatable bonds is 2. The highest BCUT2D eigenvalue weighted by Gasteiger charge is 2.38. The molecule has 0 aliphatic carbocycles. The molecule has 21 heavy (non-hydrogen) atoms. The molecule has 1 aliphatic heterocycles. The van der Waals surface area contributed by atoms with Crippen LogP contribution in [0.15, 0.2) is 18.2 Å². The van der Waals surface area contributed by atoms with E-state index in [1.54, 1.807) is 0 Å². The molecule has 2 rings (SSSR count). The van der Waals surface area contributed by atoms with Gasteiger partial charge in [0.2, 0.25) is 0 Å². The molecule has 2 unspecified atom stereocenters. The van der Waals surface area contributed by atoms with Gasteiger partial charge < -0.3 is 15.8 Å². The second-order valence-electron chi connectivity index (χ2n) is 5.69. The molecular formula is C17H22N2O2. The fourth-order valence-electron chi connectivity index (χ4n) is 2.43. The van der Waals surface area contributed by atoms with Gasteiger partial charge in [-0.1, -0.05) is 23.5 Å². The average molecular weight is 286 g/mol. The van der Waals surface area contributed by atoms with E-state index in [-0.39, 0.29) is 24.1 Å². The van der Waals surface area contributed by atoms with Crippen LogP contribution in [0.2, 0.25) is 0 Å². The first kappa shape index (κ1) is 15.6.